The van der Waals surface area contributed by atoms with Crippen LogP contribution < -0.4 is 5.32 Å². The summed E-state index contributed by atoms with van der Waals surface area (Å²) in [6, 6.07) is 8.11. The molecule has 0 spiro atoms. The van der Waals surface area contributed by atoms with Crippen LogP contribution in [0.3, 0.4) is 0 Å². The Morgan fingerprint density at radius 1 is 1.19 bits per heavy atom. The van der Waals surface area contributed by atoms with E-state index in [0.29, 0.717) is 25.7 Å². The predicted octanol–water partition coefficient (Wildman–Crippen LogP) is 1.64. The number of carbonyl (C=O) groups excluding carboxylic acids is 2. The highest BCUT2D eigenvalue weighted by atomic mass is 32.1. The number of hydrogen-bond donors (Lipinski definition) is 3. The molecule has 6 nitrogen and oxygen atoms in total. The van der Waals surface area contributed by atoms with E-state index in [1.54, 1.807) is 0 Å². The maximum atomic E-state index is 12.9. The minimum atomic E-state index is -0.969. The Bertz CT molecular complexity index is 681. The van der Waals surface area contributed by atoms with Gasteiger partial charge in [-0.25, -0.2) is 4.79 Å². The molecular weight excluding hydrogens is 352 g/mol. The highest BCUT2D eigenvalue weighted by Crippen LogP contribution is 2.31. The first-order valence-electron chi connectivity index (χ1n) is 9.04. The molecule has 7 heteroatoms. The maximum Gasteiger partial charge on any atom is 0.326 e. The molecule has 2 fully saturated rings. The van der Waals surface area contributed by atoms with Gasteiger partial charge in [0.1, 0.15) is 12.1 Å². The van der Waals surface area contributed by atoms with Crippen LogP contribution in [0.15, 0.2) is 30.3 Å². The molecule has 26 heavy (non-hydrogen) atoms. The van der Waals surface area contributed by atoms with Crippen molar-refractivity contribution in [2.75, 3.05) is 0 Å². The number of fused-ring (bicyclic) bond motifs is 1. The van der Waals surface area contributed by atoms with E-state index in [2.05, 4.69) is 17.9 Å². The molecular formula is C19H24N2O4S. The van der Waals surface area contributed by atoms with Crippen molar-refractivity contribution >= 4 is 30.4 Å². The standard InChI is InChI=1S/C19H24N2O4S/c22-17(16(26)11-12-5-2-1-3-6-12)20-14-8-4-7-13-9-10-15(19(24)25)21(13)18(14)23/h1-3,5-6,13-16,26H,4,7-11H2,(H,20,22)(H,24,25)/t13-,14-,15-,16-/m1/s1. The number of carboxylic acid groups (broad SMARTS) is 1. The van der Waals surface area contributed by atoms with Gasteiger partial charge in [0, 0.05) is 6.04 Å². The van der Waals surface area contributed by atoms with E-state index in [-0.39, 0.29) is 17.9 Å². The zero-order valence-corrected chi connectivity index (χ0v) is 15.4. The molecule has 0 saturated carbocycles. The molecule has 1 aromatic rings. The van der Waals surface area contributed by atoms with Crippen LogP contribution in [0.5, 0.6) is 0 Å². The van der Waals surface area contributed by atoms with Gasteiger partial charge in [0.2, 0.25) is 11.8 Å². The average Bonchev–Trinajstić information content (AvgIpc) is 2.99. The van der Waals surface area contributed by atoms with Crippen LogP contribution in [0.1, 0.15) is 37.7 Å². The summed E-state index contributed by atoms with van der Waals surface area (Å²) in [5.41, 5.74) is 1.00. The first-order valence-corrected chi connectivity index (χ1v) is 9.56. The summed E-state index contributed by atoms with van der Waals surface area (Å²) >= 11 is 4.39. The van der Waals surface area contributed by atoms with Gasteiger partial charge < -0.3 is 15.3 Å². The van der Waals surface area contributed by atoms with Crippen LogP contribution in [0.2, 0.25) is 0 Å². The molecule has 0 bridgehead atoms. The first kappa shape index (κ1) is 18.8. The molecule has 0 aliphatic carbocycles. The van der Waals surface area contributed by atoms with Crippen molar-refractivity contribution in [3.63, 3.8) is 0 Å². The van der Waals surface area contributed by atoms with Gasteiger partial charge in [0.15, 0.2) is 0 Å². The lowest BCUT2D eigenvalue weighted by atomic mass is 10.1. The first-order chi connectivity index (χ1) is 12.5. The summed E-state index contributed by atoms with van der Waals surface area (Å²) in [6.45, 7) is 0. The molecule has 2 amide bonds. The van der Waals surface area contributed by atoms with E-state index in [4.69, 9.17) is 0 Å². The zero-order valence-electron chi connectivity index (χ0n) is 14.5. The average molecular weight is 376 g/mol. The molecule has 1 aromatic carbocycles. The fourth-order valence-electron chi connectivity index (χ4n) is 3.94. The van der Waals surface area contributed by atoms with Gasteiger partial charge >= 0.3 is 5.97 Å². The number of rotatable bonds is 5. The van der Waals surface area contributed by atoms with Gasteiger partial charge in [-0.15, -0.1) is 0 Å². The van der Waals surface area contributed by atoms with Crippen LogP contribution in [0.25, 0.3) is 0 Å². The second-order valence-corrected chi connectivity index (χ2v) is 7.65. The molecule has 2 aliphatic heterocycles. The molecule has 2 saturated heterocycles. The lowest BCUT2D eigenvalue weighted by molar-refractivity contribution is -0.150. The third-order valence-electron chi connectivity index (χ3n) is 5.26. The molecule has 2 heterocycles. The Kier molecular flexibility index (Phi) is 5.86. The van der Waals surface area contributed by atoms with Crippen LogP contribution in [-0.4, -0.2) is 51.2 Å². The molecule has 0 unspecified atom stereocenters. The quantitative estimate of drug-likeness (QED) is 0.682. The predicted molar refractivity (Wildman–Crippen MR) is 100.0 cm³/mol. The van der Waals surface area contributed by atoms with E-state index in [0.717, 1.165) is 18.4 Å². The molecule has 140 valence electrons. The SMILES string of the molecule is O=C(N[C@@H]1CCC[C@@H]2CC[C@H](C(=O)O)N2C1=O)[C@H](S)Cc1ccccc1. The minimum absolute atomic E-state index is 0.0263. The number of nitrogens with zero attached hydrogens (tertiary/aromatic N) is 1. The second kappa shape index (κ2) is 8.12. The normalized spacial score (nSPS) is 26.7. The number of hydrogen-bond acceptors (Lipinski definition) is 4. The Morgan fingerprint density at radius 3 is 2.62 bits per heavy atom. The minimum Gasteiger partial charge on any atom is -0.480 e. The Labute approximate surface area is 158 Å². The third-order valence-corrected chi connectivity index (χ3v) is 5.68. The Morgan fingerprint density at radius 2 is 1.92 bits per heavy atom. The van der Waals surface area contributed by atoms with Crippen LogP contribution >= 0.6 is 12.6 Å². The number of nitrogens with one attached hydrogen (secondary N) is 1. The number of aliphatic carboxylic acids is 1. The summed E-state index contributed by atoms with van der Waals surface area (Å²) in [6.07, 6.45) is 3.79. The summed E-state index contributed by atoms with van der Waals surface area (Å²) < 4.78 is 0. The van der Waals surface area contributed by atoms with Crippen molar-refractivity contribution in [2.45, 2.75) is 61.9 Å². The topological polar surface area (TPSA) is 86.7 Å². The molecule has 4 atom stereocenters. The van der Waals surface area contributed by atoms with E-state index in [1.165, 1.54) is 4.90 Å². The van der Waals surface area contributed by atoms with Crippen molar-refractivity contribution in [3.8, 4) is 0 Å². The molecule has 0 aromatic heterocycles. The highest BCUT2D eigenvalue weighted by molar-refractivity contribution is 7.81. The zero-order chi connectivity index (χ0) is 18.7. The van der Waals surface area contributed by atoms with E-state index < -0.39 is 23.3 Å². The molecule has 2 N–H and O–H groups in total. The van der Waals surface area contributed by atoms with Crippen molar-refractivity contribution < 1.29 is 19.5 Å². The number of carbonyl (C=O) groups is 3. The van der Waals surface area contributed by atoms with Crippen molar-refractivity contribution in [2.24, 2.45) is 0 Å². The van der Waals surface area contributed by atoms with Gasteiger partial charge in [-0.05, 0) is 44.1 Å². The Hall–Kier alpha value is -2.02. The summed E-state index contributed by atoms with van der Waals surface area (Å²) in [4.78, 5) is 38.3. The van der Waals surface area contributed by atoms with Gasteiger partial charge in [-0.3, -0.25) is 9.59 Å². The number of amides is 2. The van der Waals surface area contributed by atoms with Gasteiger partial charge in [-0.2, -0.15) is 12.6 Å². The maximum absolute atomic E-state index is 12.9. The smallest absolute Gasteiger partial charge is 0.326 e. The second-order valence-electron chi connectivity index (χ2n) is 7.03. The number of carboxylic acids is 1. The number of thiol groups is 1. The van der Waals surface area contributed by atoms with Crippen molar-refractivity contribution in [1.82, 2.24) is 10.2 Å². The largest absolute Gasteiger partial charge is 0.480 e. The van der Waals surface area contributed by atoms with Crippen molar-refractivity contribution in [3.05, 3.63) is 35.9 Å². The fourth-order valence-corrected chi connectivity index (χ4v) is 4.22. The highest BCUT2D eigenvalue weighted by Gasteiger charge is 2.44. The third kappa shape index (κ3) is 4.03. The summed E-state index contributed by atoms with van der Waals surface area (Å²) in [7, 11) is 0. The molecule has 3 rings (SSSR count). The molecule has 2 aliphatic rings. The Balaban J connectivity index is 1.65. The van der Waals surface area contributed by atoms with E-state index >= 15 is 0 Å². The van der Waals surface area contributed by atoms with Gasteiger partial charge in [0.25, 0.3) is 0 Å². The fraction of sp³-hybridized carbons (Fsp3) is 0.526. The van der Waals surface area contributed by atoms with Crippen LogP contribution in [0.4, 0.5) is 0 Å². The van der Waals surface area contributed by atoms with E-state index in [9.17, 15) is 19.5 Å². The number of benzene rings is 1. The van der Waals surface area contributed by atoms with Gasteiger partial charge in [0.05, 0.1) is 5.25 Å². The summed E-state index contributed by atoms with van der Waals surface area (Å²) in [5, 5.41) is 11.6. The lowest BCUT2D eigenvalue weighted by Crippen LogP contribution is -2.53. The lowest BCUT2D eigenvalue weighted by Gasteiger charge is -2.29. The van der Waals surface area contributed by atoms with Crippen molar-refractivity contribution in [1.29, 1.82) is 0 Å². The van der Waals surface area contributed by atoms with Crippen LogP contribution in [0, 0.1) is 0 Å². The van der Waals surface area contributed by atoms with Crippen LogP contribution in [-0.2, 0) is 20.8 Å². The monoisotopic (exact) mass is 376 g/mol. The van der Waals surface area contributed by atoms with Gasteiger partial charge in [-0.1, -0.05) is 30.3 Å². The van der Waals surface area contributed by atoms with E-state index in [1.807, 2.05) is 30.3 Å². The molecule has 0 radical (unpaired) electrons. The summed E-state index contributed by atoms with van der Waals surface area (Å²) in [5.74, 6) is -1.53.